The van der Waals surface area contributed by atoms with E-state index in [9.17, 15) is 4.79 Å². The van der Waals surface area contributed by atoms with Crippen LogP contribution in [0.3, 0.4) is 0 Å². The summed E-state index contributed by atoms with van der Waals surface area (Å²) in [5.41, 5.74) is 1.87. The minimum Gasteiger partial charge on any atom is -0.356 e. The molecule has 9 heteroatoms. The lowest BCUT2D eigenvalue weighted by Crippen LogP contribution is -2.45. The van der Waals surface area contributed by atoms with Crippen molar-refractivity contribution < 1.29 is 14.3 Å². The molecule has 1 aromatic heterocycles. The number of hydrogen-bond acceptors (Lipinski definition) is 7. The molecular weight excluding hydrogens is 472 g/mol. The van der Waals surface area contributed by atoms with Crippen molar-refractivity contribution in [2.75, 3.05) is 44.3 Å². The molecule has 0 atom stereocenters. The van der Waals surface area contributed by atoms with Gasteiger partial charge >= 0.3 is 0 Å². The molecule has 0 N–H and O–H groups in total. The lowest BCUT2D eigenvalue weighted by atomic mass is 9.98. The monoisotopic (exact) mass is 502 g/mol. The molecule has 0 saturated carbocycles. The molecule has 5 rings (SSSR count). The van der Waals surface area contributed by atoms with Gasteiger partial charge in [-0.25, -0.2) is 9.97 Å². The number of amides is 1. The molecule has 3 aliphatic heterocycles. The molecule has 0 bridgehead atoms. The number of thioether (sulfide) groups is 1. The maximum atomic E-state index is 12.8. The van der Waals surface area contributed by atoms with E-state index in [2.05, 4.69) is 16.8 Å². The number of halogens is 1. The number of anilines is 1. The van der Waals surface area contributed by atoms with Gasteiger partial charge in [-0.3, -0.25) is 4.79 Å². The number of benzene rings is 1. The number of nitrogens with zero attached hydrogens (tertiary/aromatic N) is 4. The number of hydrogen-bond donors (Lipinski definition) is 0. The van der Waals surface area contributed by atoms with E-state index in [1.54, 1.807) is 11.8 Å². The molecule has 1 amide bonds. The van der Waals surface area contributed by atoms with E-state index >= 15 is 0 Å². The van der Waals surface area contributed by atoms with Crippen molar-refractivity contribution in [1.82, 2.24) is 14.9 Å². The van der Waals surface area contributed by atoms with E-state index in [0.717, 1.165) is 68.8 Å². The highest BCUT2D eigenvalue weighted by Gasteiger charge is 2.40. The van der Waals surface area contributed by atoms with Crippen LogP contribution in [-0.4, -0.2) is 66.0 Å². The molecule has 0 aliphatic carbocycles. The van der Waals surface area contributed by atoms with Crippen LogP contribution in [-0.2, 0) is 15.2 Å². The Morgan fingerprint density at radius 3 is 2.44 bits per heavy atom. The van der Waals surface area contributed by atoms with Crippen molar-refractivity contribution in [3.63, 3.8) is 0 Å². The van der Waals surface area contributed by atoms with Crippen molar-refractivity contribution in [3.05, 3.63) is 46.6 Å². The van der Waals surface area contributed by atoms with E-state index < -0.39 is 5.79 Å². The molecule has 3 saturated heterocycles. The lowest BCUT2D eigenvalue weighted by Gasteiger charge is -2.38. The quantitative estimate of drug-likeness (QED) is 0.335. The molecule has 34 heavy (non-hydrogen) atoms. The Morgan fingerprint density at radius 1 is 1.09 bits per heavy atom. The topological polar surface area (TPSA) is 67.8 Å². The Kier molecular flexibility index (Phi) is 7.30. The molecule has 182 valence electrons. The molecule has 1 aromatic carbocycles. The fourth-order valence-electron chi connectivity index (χ4n) is 4.76. The summed E-state index contributed by atoms with van der Waals surface area (Å²) in [7, 11) is 0. The van der Waals surface area contributed by atoms with Crippen molar-refractivity contribution in [2.45, 2.75) is 49.3 Å². The Morgan fingerprint density at radius 2 is 1.76 bits per heavy atom. The van der Waals surface area contributed by atoms with Crippen LogP contribution in [0.5, 0.6) is 0 Å². The Bertz CT molecular complexity index is 998. The van der Waals surface area contributed by atoms with Crippen LogP contribution in [0.2, 0.25) is 5.15 Å². The van der Waals surface area contributed by atoms with Gasteiger partial charge in [0.25, 0.3) is 5.91 Å². The average Bonchev–Trinajstić information content (AvgIpc) is 3.31. The standard InChI is InChI=1S/C25H31ClN4O3S/c1-18-6-10-30(11-7-18)23(31)20-4-2-19(3-5-20)17-34-24-27-21(26)16-22(28-24)29-12-8-25(9-13-29)32-14-15-33-25/h2-5,16,18H,6-15,17H2,1H3. The second-order valence-corrected chi connectivity index (χ2v) is 10.7. The summed E-state index contributed by atoms with van der Waals surface area (Å²) >= 11 is 7.88. The number of rotatable bonds is 5. The van der Waals surface area contributed by atoms with Gasteiger partial charge in [-0.1, -0.05) is 42.4 Å². The fraction of sp³-hybridized carbons (Fsp3) is 0.560. The van der Waals surface area contributed by atoms with Gasteiger partial charge in [0, 0.05) is 56.4 Å². The number of aromatic nitrogens is 2. The molecule has 3 aliphatic rings. The summed E-state index contributed by atoms with van der Waals surface area (Å²) in [5.74, 6) is 1.97. The summed E-state index contributed by atoms with van der Waals surface area (Å²) in [4.78, 5) is 26.1. The van der Waals surface area contributed by atoms with Gasteiger partial charge in [-0.15, -0.1) is 0 Å². The van der Waals surface area contributed by atoms with Gasteiger partial charge in [0.1, 0.15) is 11.0 Å². The maximum absolute atomic E-state index is 12.8. The van der Waals surface area contributed by atoms with Gasteiger partial charge in [0.15, 0.2) is 10.9 Å². The highest BCUT2D eigenvalue weighted by atomic mass is 35.5. The van der Waals surface area contributed by atoms with Crippen molar-refractivity contribution >= 4 is 35.1 Å². The highest BCUT2D eigenvalue weighted by Crippen LogP contribution is 2.34. The van der Waals surface area contributed by atoms with Gasteiger partial charge in [0.05, 0.1) is 13.2 Å². The SMILES string of the molecule is CC1CCN(C(=O)c2ccc(CSc3nc(Cl)cc(N4CCC5(CC4)OCCO5)n3)cc2)CC1. The molecule has 1 spiro atoms. The molecule has 0 radical (unpaired) electrons. The average molecular weight is 503 g/mol. The first-order chi connectivity index (χ1) is 16.5. The normalized spacial score (nSPS) is 20.8. The second kappa shape index (κ2) is 10.4. The van der Waals surface area contributed by atoms with Gasteiger partial charge in [0.2, 0.25) is 0 Å². The van der Waals surface area contributed by atoms with E-state index in [4.69, 9.17) is 26.1 Å². The predicted molar refractivity (Wildman–Crippen MR) is 133 cm³/mol. The van der Waals surface area contributed by atoms with Crippen molar-refractivity contribution in [2.24, 2.45) is 5.92 Å². The van der Waals surface area contributed by atoms with Crippen LogP contribution in [0.25, 0.3) is 0 Å². The second-order valence-electron chi connectivity index (χ2n) is 9.39. The third-order valence-corrected chi connectivity index (χ3v) is 8.08. The van der Waals surface area contributed by atoms with Crippen LogP contribution >= 0.6 is 23.4 Å². The van der Waals surface area contributed by atoms with E-state index in [0.29, 0.717) is 35.2 Å². The molecule has 4 heterocycles. The van der Waals surface area contributed by atoms with E-state index in [1.165, 1.54) is 0 Å². The van der Waals surface area contributed by atoms with Crippen LogP contribution in [0, 0.1) is 5.92 Å². The summed E-state index contributed by atoms with van der Waals surface area (Å²) < 4.78 is 11.7. The van der Waals surface area contributed by atoms with Gasteiger partial charge in [-0.2, -0.15) is 0 Å². The number of carbonyl (C=O) groups is 1. The minimum atomic E-state index is -0.412. The third kappa shape index (κ3) is 5.51. The first-order valence-electron chi connectivity index (χ1n) is 12.1. The molecule has 2 aromatic rings. The van der Waals surface area contributed by atoms with Crippen LogP contribution in [0.4, 0.5) is 5.82 Å². The highest BCUT2D eigenvalue weighted by molar-refractivity contribution is 7.98. The smallest absolute Gasteiger partial charge is 0.253 e. The third-order valence-electron chi connectivity index (χ3n) is 6.96. The minimum absolute atomic E-state index is 0.130. The van der Waals surface area contributed by atoms with Crippen LogP contribution in [0.1, 0.15) is 48.5 Å². The van der Waals surface area contributed by atoms with Crippen molar-refractivity contribution in [3.8, 4) is 0 Å². The zero-order valence-electron chi connectivity index (χ0n) is 19.5. The Labute approximate surface area is 210 Å². The summed E-state index contributed by atoms with van der Waals surface area (Å²) in [6.45, 7) is 6.92. The Hall–Kier alpha value is -1.87. The van der Waals surface area contributed by atoms with Crippen LogP contribution < -0.4 is 4.90 Å². The molecule has 3 fully saturated rings. The lowest BCUT2D eigenvalue weighted by molar-refractivity contribution is -0.169. The Balaban J connectivity index is 1.17. The molecule has 7 nitrogen and oxygen atoms in total. The van der Waals surface area contributed by atoms with E-state index in [1.807, 2.05) is 35.2 Å². The van der Waals surface area contributed by atoms with Gasteiger partial charge < -0.3 is 19.3 Å². The predicted octanol–water partition coefficient (Wildman–Crippen LogP) is 4.64. The van der Waals surface area contributed by atoms with Gasteiger partial charge in [-0.05, 0) is 36.5 Å². The zero-order chi connectivity index (χ0) is 23.5. The number of piperidine rings is 2. The number of likely N-dealkylation sites (tertiary alicyclic amines) is 1. The molecular formula is C25H31ClN4O3S. The van der Waals surface area contributed by atoms with E-state index in [-0.39, 0.29) is 5.91 Å². The van der Waals surface area contributed by atoms with Crippen LogP contribution in [0.15, 0.2) is 35.5 Å². The maximum Gasteiger partial charge on any atom is 0.253 e. The first-order valence-corrected chi connectivity index (χ1v) is 13.4. The summed E-state index contributed by atoms with van der Waals surface area (Å²) in [5, 5.41) is 1.09. The number of ether oxygens (including phenoxy) is 2. The summed E-state index contributed by atoms with van der Waals surface area (Å²) in [6.07, 6.45) is 3.81. The fourth-order valence-corrected chi connectivity index (χ4v) is 5.80. The first kappa shape index (κ1) is 23.9. The number of carbonyl (C=O) groups excluding carboxylic acids is 1. The van der Waals surface area contributed by atoms with Crippen molar-refractivity contribution in [1.29, 1.82) is 0 Å². The molecule has 0 unspecified atom stereocenters. The summed E-state index contributed by atoms with van der Waals surface area (Å²) in [6, 6.07) is 9.71. The zero-order valence-corrected chi connectivity index (χ0v) is 21.1. The largest absolute Gasteiger partial charge is 0.356 e.